The van der Waals surface area contributed by atoms with Crippen molar-refractivity contribution in [2.75, 3.05) is 25.5 Å². The average molecular weight is 246 g/mol. The van der Waals surface area contributed by atoms with Crippen molar-refractivity contribution in [1.82, 2.24) is 4.90 Å². The van der Waals surface area contributed by atoms with Gasteiger partial charge in [0.25, 0.3) is 0 Å². The fourth-order valence-corrected chi connectivity index (χ4v) is 2.67. The summed E-state index contributed by atoms with van der Waals surface area (Å²) < 4.78 is 0. The Morgan fingerprint density at radius 3 is 2.72 bits per heavy atom. The van der Waals surface area contributed by atoms with Crippen molar-refractivity contribution in [2.45, 2.75) is 45.1 Å². The number of hydrogen-bond donors (Lipinski definition) is 1. The maximum Gasteiger partial charge on any atom is 0.0388 e. The number of piperidine rings is 1. The molecule has 1 aromatic rings. The third kappa shape index (κ3) is 4.02. The SMILES string of the molecule is CCCCc1ccc(NC2CCCN(C)C2)cc1. The lowest BCUT2D eigenvalue weighted by Gasteiger charge is -2.30. The van der Waals surface area contributed by atoms with Gasteiger partial charge in [-0.05, 0) is 57.0 Å². The standard InChI is InChI=1S/C16H26N2/c1-3-4-6-14-8-10-15(11-9-14)17-16-7-5-12-18(2)13-16/h8-11,16-17H,3-7,12-13H2,1-2H3. The summed E-state index contributed by atoms with van der Waals surface area (Å²) in [4.78, 5) is 2.41. The molecule has 0 saturated carbocycles. The van der Waals surface area contributed by atoms with Crippen LogP contribution in [0.1, 0.15) is 38.2 Å². The van der Waals surface area contributed by atoms with Gasteiger partial charge in [-0.2, -0.15) is 0 Å². The highest BCUT2D eigenvalue weighted by Crippen LogP contribution is 2.16. The Labute approximate surface area is 111 Å². The van der Waals surface area contributed by atoms with Gasteiger partial charge in [-0.1, -0.05) is 25.5 Å². The molecule has 0 bridgehead atoms. The third-order valence-electron chi connectivity index (χ3n) is 3.77. The molecule has 1 N–H and O–H groups in total. The molecule has 0 radical (unpaired) electrons. The molecule has 1 unspecified atom stereocenters. The predicted molar refractivity (Wildman–Crippen MR) is 79.2 cm³/mol. The Kier molecular flexibility index (Phi) is 5.06. The molecule has 1 aromatic carbocycles. The molecule has 0 aliphatic carbocycles. The van der Waals surface area contributed by atoms with Crippen LogP contribution in [0.15, 0.2) is 24.3 Å². The second kappa shape index (κ2) is 6.79. The van der Waals surface area contributed by atoms with Crippen LogP contribution in [0.3, 0.4) is 0 Å². The molecule has 2 rings (SSSR count). The zero-order chi connectivity index (χ0) is 12.8. The van der Waals surface area contributed by atoms with E-state index >= 15 is 0 Å². The fraction of sp³-hybridized carbons (Fsp3) is 0.625. The van der Waals surface area contributed by atoms with Crippen LogP contribution in [0.25, 0.3) is 0 Å². The van der Waals surface area contributed by atoms with Crippen LogP contribution in [-0.4, -0.2) is 31.1 Å². The quantitative estimate of drug-likeness (QED) is 0.855. The summed E-state index contributed by atoms with van der Waals surface area (Å²) >= 11 is 0. The second-order valence-electron chi connectivity index (χ2n) is 5.55. The maximum absolute atomic E-state index is 3.65. The third-order valence-corrected chi connectivity index (χ3v) is 3.77. The number of nitrogens with one attached hydrogen (secondary N) is 1. The summed E-state index contributed by atoms with van der Waals surface area (Å²) in [5.74, 6) is 0. The fourth-order valence-electron chi connectivity index (χ4n) is 2.67. The smallest absolute Gasteiger partial charge is 0.0388 e. The monoisotopic (exact) mass is 246 g/mol. The summed E-state index contributed by atoms with van der Waals surface area (Å²) in [5, 5.41) is 3.65. The van der Waals surface area contributed by atoms with Gasteiger partial charge in [0, 0.05) is 18.3 Å². The predicted octanol–water partition coefficient (Wildman–Crippen LogP) is 3.54. The highest BCUT2D eigenvalue weighted by Gasteiger charge is 2.16. The lowest BCUT2D eigenvalue weighted by Crippen LogP contribution is -2.39. The van der Waals surface area contributed by atoms with Crippen LogP contribution in [0.2, 0.25) is 0 Å². The molecule has 2 nitrogen and oxygen atoms in total. The van der Waals surface area contributed by atoms with E-state index < -0.39 is 0 Å². The highest BCUT2D eigenvalue weighted by molar-refractivity contribution is 5.45. The van der Waals surface area contributed by atoms with Gasteiger partial charge in [0.15, 0.2) is 0 Å². The van der Waals surface area contributed by atoms with Gasteiger partial charge in [-0.25, -0.2) is 0 Å². The minimum Gasteiger partial charge on any atom is -0.381 e. The summed E-state index contributed by atoms with van der Waals surface area (Å²) in [6.45, 7) is 4.65. The first-order chi connectivity index (χ1) is 8.78. The zero-order valence-electron chi connectivity index (χ0n) is 11.8. The van der Waals surface area contributed by atoms with Crippen molar-refractivity contribution in [3.63, 3.8) is 0 Å². The molecule has 1 fully saturated rings. The normalized spacial score (nSPS) is 20.9. The Hall–Kier alpha value is -1.02. The second-order valence-corrected chi connectivity index (χ2v) is 5.55. The van der Waals surface area contributed by atoms with E-state index in [1.165, 1.54) is 49.9 Å². The van der Waals surface area contributed by atoms with Crippen LogP contribution in [0, 0.1) is 0 Å². The van der Waals surface area contributed by atoms with Crippen molar-refractivity contribution in [1.29, 1.82) is 0 Å². The van der Waals surface area contributed by atoms with Gasteiger partial charge in [-0.15, -0.1) is 0 Å². The largest absolute Gasteiger partial charge is 0.381 e. The number of likely N-dealkylation sites (tertiary alicyclic amines) is 1. The van der Waals surface area contributed by atoms with E-state index in [1.807, 2.05) is 0 Å². The first-order valence-corrected chi connectivity index (χ1v) is 7.32. The Balaban J connectivity index is 1.85. The molecule has 0 amide bonds. The topological polar surface area (TPSA) is 15.3 Å². The number of likely N-dealkylation sites (N-methyl/N-ethyl adjacent to an activating group) is 1. The Morgan fingerprint density at radius 1 is 1.28 bits per heavy atom. The van der Waals surface area contributed by atoms with Gasteiger partial charge in [0.1, 0.15) is 0 Å². The summed E-state index contributed by atoms with van der Waals surface area (Å²) in [6.07, 6.45) is 6.38. The summed E-state index contributed by atoms with van der Waals surface area (Å²) in [7, 11) is 2.21. The van der Waals surface area contributed by atoms with Gasteiger partial charge < -0.3 is 10.2 Å². The van der Waals surface area contributed by atoms with Gasteiger partial charge in [0.05, 0.1) is 0 Å². The van der Waals surface area contributed by atoms with Gasteiger partial charge >= 0.3 is 0 Å². The molecular weight excluding hydrogens is 220 g/mol. The minimum atomic E-state index is 0.616. The van der Waals surface area contributed by atoms with Crippen LogP contribution in [0.4, 0.5) is 5.69 Å². The van der Waals surface area contributed by atoms with Crippen molar-refractivity contribution in [3.8, 4) is 0 Å². The molecule has 2 heteroatoms. The van der Waals surface area contributed by atoms with E-state index in [2.05, 4.69) is 48.5 Å². The van der Waals surface area contributed by atoms with E-state index in [-0.39, 0.29) is 0 Å². The van der Waals surface area contributed by atoms with Crippen LogP contribution in [0.5, 0.6) is 0 Å². The van der Waals surface area contributed by atoms with Crippen molar-refractivity contribution >= 4 is 5.69 Å². The van der Waals surface area contributed by atoms with E-state index in [9.17, 15) is 0 Å². The summed E-state index contributed by atoms with van der Waals surface area (Å²) in [5.41, 5.74) is 2.73. The molecule has 18 heavy (non-hydrogen) atoms. The first-order valence-electron chi connectivity index (χ1n) is 7.32. The average Bonchev–Trinajstić information content (AvgIpc) is 2.38. The van der Waals surface area contributed by atoms with Gasteiger partial charge in [0.2, 0.25) is 0 Å². The first kappa shape index (κ1) is 13.4. The molecule has 1 aliphatic rings. The molecule has 0 aromatic heterocycles. The molecule has 1 heterocycles. The van der Waals surface area contributed by atoms with Crippen LogP contribution >= 0.6 is 0 Å². The number of nitrogens with zero attached hydrogens (tertiary/aromatic N) is 1. The Morgan fingerprint density at radius 2 is 2.06 bits per heavy atom. The molecule has 1 atom stereocenters. The van der Waals surface area contributed by atoms with E-state index in [1.54, 1.807) is 0 Å². The lowest BCUT2D eigenvalue weighted by molar-refractivity contribution is 0.261. The van der Waals surface area contributed by atoms with E-state index in [4.69, 9.17) is 0 Å². The van der Waals surface area contributed by atoms with Gasteiger partial charge in [-0.3, -0.25) is 0 Å². The molecular formula is C16H26N2. The number of aryl methyl sites for hydroxylation is 1. The van der Waals surface area contributed by atoms with Crippen molar-refractivity contribution < 1.29 is 0 Å². The molecule has 1 saturated heterocycles. The number of unbranched alkanes of at least 4 members (excludes halogenated alkanes) is 1. The van der Waals surface area contributed by atoms with Crippen molar-refractivity contribution in [2.24, 2.45) is 0 Å². The van der Waals surface area contributed by atoms with Crippen molar-refractivity contribution in [3.05, 3.63) is 29.8 Å². The van der Waals surface area contributed by atoms with Crippen LogP contribution < -0.4 is 5.32 Å². The lowest BCUT2D eigenvalue weighted by atomic mass is 10.0. The number of rotatable bonds is 5. The maximum atomic E-state index is 3.65. The highest BCUT2D eigenvalue weighted by atomic mass is 15.1. The molecule has 0 spiro atoms. The zero-order valence-corrected chi connectivity index (χ0v) is 11.8. The number of anilines is 1. The van der Waals surface area contributed by atoms with E-state index in [0.717, 1.165) is 6.54 Å². The van der Waals surface area contributed by atoms with Crippen LogP contribution in [-0.2, 0) is 6.42 Å². The molecule has 100 valence electrons. The molecule has 1 aliphatic heterocycles. The summed E-state index contributed by atoms with van der Waals surface area (Å²) in [6, 6.07) is 9.62. The number of benzene rings is 1. The number of hydrogen-bond acceptors (Lipinski definition) is 2. The minimum absolute atomic E-state index is 0.616. The Bertz CT molecular complexity index is 345. The van der Waals surface area contributed by atoms with E-state index in [0.29, 0.717) is 6.04 Å².